The van der Waals surface area contributed by atoms with Crippen LogP contribution < -0.4 is 0 Å². The second-order valence-corrected chi connectivity index (χ2v) is 4.18. The molecule has 0 radical (unpaired) electrons. The van der Waals surface area contributed by atoms with Crippen LogP contribution in [0.25, 0.3) is 0 Å². The van der Waals surface area contributed by atoms with Gasteiger partial charge in [0.25, 0.3) is 0 Å². The third-order valence-electron chi connectivity index (χ3n) is 3.30. The van der Waals surface area contributed by atoms with Gasteiger partial charge in [0.2, 0.25) is 0 Å². The summed E-state index contributed by atoms with van der Waals surface area (Å²) in [5.74, 6) is 1.63. The molecule has 2 rings (SSSR count). The van der Waals surface area contributed by atoms with Crippen LogP contribution in [-0.4, -0.2) is 0 Å². The van der Waals surface area contributed by atoms with Gasteiger partial charge in [0.1, 0.15) is 0 Å². The van der Waals surface area contributed by atoms with E-state index in [1.54, 1.807) is 5.57 Å². The molecule has 0 bridgehead atoms. The van der Waals surface area contributed by atoms with Gasteiger partial charge in [-0.15, -0.1) is 0 Å². The lowest BCUT2D eigenvalue weighted by molar-refractivity contribution is 0.433. The zero-order valence-corrected chi connectivity index (χ0v) is 8.37. The summed E-state index contributed by atoms with van der Waals surface area (Å²) in [4.78, 5) is 0. The van der Waals surface area contributed by atoms with Crippen molar-refractivity contribution in [2.45, 2.75) is 32.6 Å². The number of rotatable bonds is 2. The van der Waals surface area contributed by atoms with Crippen LogP contribution in [0.1, 0.15) is 32.6 Å². The maximum atomic E-state index is 2.42. The first-order chi connectivity index (χ1) is 6.38. The van der Waals surface area contributed by atoms with Crippen LogP contribution in [0.15, 0.2) is 36.0 Å². The van der Waals surface area contributed by atoms with Crippen molar-refractivity contribution in [3.8, 4) is 0 Å². The smallest absolute Gasteiger partial charge is 0.0159 e. The molecule has 0 saturated heterocycles. The zero-order valence-electron chi connectivity index (χ0n) is 8.37. The van der Waals surface area contributed by atoms with Crippen LogP contribution in [0.5, 0.6) is 0 Å². The molecule has 2 aliphatic rings. The lowest BCUT2D eigenvalue weighted by Gasteiger charge is -2.21. The van der Waals surface area contributed by atoms with Gasteiger partial charge < -0.3 is 0 Å². The third kappa shape index (κ3) is 1.93. The molecule has 0 aromatic heterocycles. The quantitative estimate of drug-likeness (QED) is 0.557. The molecule has 0 heteroatoms. The van der Waals surface area contributed by atoms with E-state index in [0.29, 0.717) is 0 Å². The molecule has 0 heterocycles. The van der Waals surface area contributed by atoms with Crippen molar-refractivity contribution in [3.63, 3.8) is 0 Å². The van der Waals surface area contributed by atoms with Crippen molar-refractivity contribution in [1.29, 1.82) is 0 Å². The second kappa shape index (κ2) is 3.95. The molecule has 1 atom stereocenters. The Morgan fingerprint density at radius 3 is 2.54 bits per heavy atom. The zero-order chi connectivity index (χ0) is 9.10. The predicted octanol–water partition coefficient (Wildman–Crippen LogP) is 3.87. The minimum absolute atomic E-state index is 0.756. The van der Waals surface area contributed by atoms with E-state index >= 15 is 0 Å². The molecule has 0 amide bonds. The van der Waals surface area contributed by atoms with Crippen LogP contribution in [-0.2, 0) is 0 Å². The number of allylic oxidation sites excluding steroid dienone is 6. The molecule has 70 valence electrons. The van der Waals surface area contributed by atoms with Crippen LogP contribution in [0.4, 0.5) is 0 Å². The topological polar surface area (TPSA) is 0 Å². The summed E-state index contributed by atoms with van der Waals surface area (Å²) in [6, 6.07) is 0. The Hall–Kier alpha value is -0.780. The minimum Gasteiger partial charge on any atom is -0.0882 e. The van der Waals surface area contributed by atoms with Gasteiger partial charge in [-0.3, -0.25) is 0 Å². The number of hydrogen-bond acceptors (Lipinski definition) is 0. The van der Waals surface area contributed by atoms with E-state index in [2.05, 4.69) is 37.3 Å². The summed E-state index contributed by atoms with van der Waals surface area (Å²) in [7, 11) is 0. The maximum absolute atomic E-state index is 2.42. The van der Waals surface area contributed by atoms with Gasteiger partial charge in [0.05, 0.1) is 0 Å². The lowest BCUT2D eigenvalue weighted by atomic mass is 9.83. The molecule has 1 unspecified atom stereocenters. The highest BCUT2D eigenvalue weighted by molar-refractivity contribution is 5.25. The molecule has 0 N–H and O–H groups in total. The first-order valence-electron chi connectivity index (χ1n) is 5.39. The minimum atomic E-state index is 0.756. The van der Waals surface area contributed by atoms with E-state index in [0.717, 1.165) is 11.8 Å². The van der Waals surface area contributed by atoms with Crippen LogP contribution in [0, 0.1) is 11.8 Å². The largest absolute Gasteiger partial charge is 0.0882 e. The summed E-state index contributed by atoms with van der Waals surface area (Å²) in [6.45, 7) is 2.37. The molecule has 0 aliphatic heterocycles. The molecule has 2 aliphatic carbocycles. The second-order valence-electron chi connectivity index (χ2n) is 4.18. The predicted molar refractivity (Wildman–Crippen MR) is 57.5 cm³/mol. The highest BCUT2D eigenvalue weighted by Gasteiger charge is 2.20. The first kappa shape index (κ1) is 8.80. The fraction of sp³-hybridized carbons (Fsp3) is 0.538. The molecule has 0 aromatic rings. The average Bonchev–Trinajstić information content (AvgIpc) is 2.71. The van der Waals surface area contributed by atoms with Crippen molar-refractivity contribution < 1.29 is 0 Å². The van der Waals surface area contributed by atoms with Crippen molar-refractivity contribution in [2.24, 2.45) is 11.8 Å². The standard InChI is InChI=1S/C13H18/c1-11(13-9-5-6-10-13)12-7-3-2-4-8-12/h3,5-8,11,13H,2,4,9-10H2,1H3. The Morgan fingerprint density at radius 1 is 1.15 bits per heavy atom. The van der Waals surface area contributed by atoms with E-state index in [4.69, 9.17) is 0 Å². The van der Waals surface area contributed by atoms with E-state index in [-0.39, 0.29) is 0 Å². The molecular formula is C13H18. The van der Waals surface area contributed by atoms with E-state index in [9.17, 15) is 0 Å². The van der Waals surface area contributed by atoms with Crippen molar-refractivity contribution >= 4 is 0 Å². The third-order valence-corrected chi connectivity index (χ3v) is 3.30. The molecule has 0 aromatic carbocycles. The van der Waals surface area contributed by atoms with Gasteiger partial charge in [0.15, 0.2) is 0 Å². The van der Waals surface area contributed by atoms with Gasteiger partial charge in [-0.1, -0.05) is 37.3 Å². The Balaban J connectivity index is 1.99. The van der Waals surface area contributed by atoms with Crippen LogP contribution in [0.2, 0.25) is 0 Å². The molecule has 0 saturated carbocycles. The highest BCUT2D eigenvalue weighted by atomic mass is 14.2. The SMILES string of the molecule is CC(C1=CCCC=C1)C1CC=CC1. The van der Waals surface area contributed by atoms with Gasteiger partial charge in [0, 0.05) is 0 Å². The Labute approximate surface area is 81.0 Å². The molecule has 0 nitrogen and oxygen atoms in total. The van der Waals surface area contributed by atoms with E-state index < -0.39 is 0 Å². The van der Waals surface area contributed by atoms with Gasteiger partial charge >= 0.3 is 0 Å². The molecule has 0 fully saturated rings. The van der Waals surface area contributed by atoms with Crippen molar-refractivity contribution in [3.05, 3.63) is 36.0 Å². The summed E-state index contributed by atoms with van der Waals surface area (Å²) in [5.41, 5.74) is 1.57. The monoisotopic (exact) mass is 174 g/mol. The molecule has 13 heavy (non-hydrogen) atoms. The number of hydrogen-bond donors (Lipinski definition) is 0. The molecular weight excluding hydrogens is 156 g/mol. The van der Waals surface area contributed by atoms with Crippen molar-refractivity contribution in [1.82, 2.24) is 0 Å². The summed E-state index contributed by atoms with van der Waals surface area (Å²) in [6.07, 6.45) is 16.8. The Bertz CT molecular complexity index is 247. The van der Waals surface area contributed by atoms with Crippen LogP contribution in [0.3, 0.4) is 0 Å². The average molecular weight is 174 g/mol. The summed E-state index contributed by atoms with van der Waals surface area (Å²) >= 11 is 0. The summed E-state index contributed by atoms with van der Waals surface area (Å²) < 4.78 is 0. The highest BCUT2D eigenvalue weighted by Crippen LogP contribution is 2.32. The maximum Gasteiger partial charge on any atom is -0.0159 e. The fourth-order valence-corrected chi connectivity index (χ4v) is 2.29. The van der Waals surface area contributed by atoms with Gasteiger partial charge in [-0.25, -0.2) is 0 Å². The normalized spacial score (nSPS) is 24.8. The van der Waals surface area contributed by atoms with Gasteiger partial charge in [-0.05, 0) is 43.1 Å². The van der Waals surface area contributed by atoms with E-state index in [1.165, 1.54) is 25.7 Å². The van der Waals surface area contributed by atoms with Gasteiger partial charge in [-0.2, -0.15) is 0 Å². The summed E-state index contributed by atoms with van der Waals surface area (Å²) in [5, 5.41) is 0. The first-order valence-corrected chi connectivity index (χ1v) is 5.39. The Kier molecular flexibility index (Phi) is 2.68. The lowest BCUT2D eigenvalue weighted by Crippen LogP contribution is -2.10. The van der Waals surface area contributed by atoms with Crippen LogP contribution >= 0.6 is 0 Å². The van der Waals surface area contributed by atoms with Crippen molar-refractivity contribution in [2.75, 3.05) is 0 Å². The van der Waals surface area contributed by atoms with E-state index in [1.807, 2.05) is 0 Å². The molecule has 0 spiro atoms. The Morgan fingerprint density at radius 2 is 1.92 bits per heavy atom. The fourth-order valence-electron chi connectivity index (χ4n) is 2.29.